The molecule has 0 saturated carbocycles. The molecule has 1 aromatic heterocycles. The van der Waals surface area contributed by atoms with Gasteiger partial charge in [-0.15, -0.1) is 10.2 Å². The maximum absolute atomic E-state index is 12.8. The third-order valence-corrected chi connectivity index (χ3v) is 5.46. The van der Waals surface area contributed by atoms with E-state index in [-0.39, 0.29) is 17.5 Å². The predicted octanol–water partition coefficient (Wildman–Crippen LogP) is 2.05. The summed E-state index contributed by atoms with van der Waals surface area (Å²) in [6.45, 7) is 0.224. The molecule has 0 bridgehead atoms. The standard InChI is InChI=1S/C17H17F3N4O3S/c1-23-15(17(18,19)20)21-22-16(23)28-9-13(25)24-8-11-6-4-3-5-10(11)7-12(24)14(26)27-2/h3-6,12H,7-9H2,1-2H3/t12-/m0/s1. The Hall–Kier alpha value is -2.56. The number of ether oxygens (including phenoxy) is 1. The second-order valence-electron chi connectivity index (χ2n) is 6.19. The molecule has 0 radical (unpaired) electrons. The van der Waals surface area contributed by atoms with Crippen molar-refractivity contribution in [1.29, 1.82) is 0 Å². The van der Waals surface area contributed by atoms with Crippen LogP contribution in [0.1, 0.15) is 17.0 Å². The average molecular weight is 414 g/mol. The van der Waals surface area contributed by atoms with E-state index in [9.17, 15) is 22.8 Å². The highest BCUT2D eigenvalue weighted by atomic mass is 32.2. The van der Waals surface area contributed by atoms with Crippen molar-refractivity contribution in [3.63, 3.8) is 0 Å². The van der Waals surface area contributed by atoms with Crippen molar-refractivity contribution in [3.05, 3.63) is 41.2 Å². The summed E-state index contributed by atoms with van der Waals surface area (Å²) < 4.78 is 44.0. The molecule has 0 fully saturated rings. The van der Waals surface area contributed by atoms with Gasteiger partial charge in [0.2, 0.25) is 11.7 Å². The summed E-state index contributed by atoms with van der Waals surface area (Å²) in [6, 6.07) is 6.67. The lowest BCUT2D eigenvalue weighted by atomic mass is 9.94. The Morgan fingerprint density at radius 1 is 1.25 bits per heavy atom. The molecular weight excluding hydrogens is 397 g/mol. The van der Waals surface area contributed by atoms with E-state index in [1.54, 1.807) is 0 Å². The number of thioether (sulfide) groups is 1. The number of amides is 1. The van der Waals surface area contributed by atoms with Crippen LogP contribution in [0, 0.1) is 0 Å². The number of benzene rings is 1. The molecular formula is C17H17F3N4O3S. The van der Waals surface area contributed by atoms with Crippen LogP contribution in [0.2, 0.25) is 0 Å². The first-order valence-electron chi connectivity index (χ1n) is 8.25. The number of halogens is 3. The molecule has 0 spiro atoms. The van der Waals surface area contributed by atoms with Gasteiger partial charge in [-0.05, 0) is 11.1 Å². The van der Waals surface area contributed by atoms with Gasteiger partial charge in [0, 0.05) is 20.0 Å². The van der Waals surface area contributed by atoms with E-state index in [4.69, 9.17) is 4.74 Å². The molecule has 2 aromatic rings. The van der Waals surface area contributed by atoms with E-state index >= 15 is 0 Å². The van der Waals surface area contributed by atoms with E-state index in [2.05, 4.69) is 10.2 Å². The number of hydrogen-bond acceptors (Lipinski definition) is 6. The van der Waals surface area contributed by atoms with E-state index in [0.29, 0.717) is 6.42 Å². The number of esters is 1. The highest BCUT2D eigenvalue weighted by Crippen LogP contribution is 2.30. The number of alkyl halides is 3. The zero-order valence-corrected chi connectivity index (χ0v) is 15.9. The minimum Gasteiger partial charge on any atom is -0.467 e. The van der Waals surface area contributed by atoms with Gasteiger partial charge in [-0.3, -0.25) is 4.79 Å². The fourth-order valence-electron chi connectivity index (χ4n) is 3.03. The van der Waals surface area contributed by atoms with E-state index in [1.165, 1.54) is 19.1 Å². The molecule has 0 N–H and O–H groups in total. The van der Waals surface area contributed by atoms with Crippen molar-refractivity contribution in [2.75, 3.05) is 12.9 Å². The van der Waals surface area contributed by atoms with Gasteiger partial charge in [0.05, 0.1) is 12.9 Å². The Morgan fingerprint density at radius 3 is 2.54 bits per heavy atom. The lowest BCUT2D eigenvalue weighted by Gasteiger charge is -2.35. The highest BCUT2D eigenvalue weighted by molar-refractivity contribution is 7.99. The molecule has 28 heavy (non-hydrogen) atoms. The minimum absolute atomic E-state index is 0.0345. The smallest absolute Gasteiger partial charge is 0.451 e. The van der Waals surface area contributed by atoms with Gasteiger partial charge in [-0.25, -0.2) is 4.79 Å². The van der Waals surface area contributed by atoms with Crippen molar-refractivity contribution in [2.45, 2.75) is 30.3 Å². The normalized spacial score (nSPS) is 16.6. The van der Waals surface area contributed by atoms with Crippen molar-refractivity contribution < 1.29 is 27.5 Å². The van der Waals surface area contributed by atoms with Crippen LogP contribution in [0.3, 0.4) is 0 Å². The molecule has 1 aliphatic rings. The minimum atomic E-state index is -4.63. The van der Waals surface area contributed by atoms with Gasteiger partial charge in [0.15, 0.2) is 5.16 Å². The quantitative estimate of drug-likeness (QED) is 0.563. The Labute approximate surface area is 162 Å². The Kier molecular flexibility index (Phi) is 5.64. The first kappa shape index (κ1) is 20.2. The molecule has 150 valence electrons. The average Bonchev–Trinajstić information content (AvgIpc) is 3.05. The number of carbonyl (C=O) groups excluding carboxylic acids is 2. The first-order valence-corrected chi connectivity index (χ1v) is 9.24. The van der Waals surface area contributed by atoms with Crippen molar-refractivity contribution in [3.8, 4) is 0 Å². The monoisotopic (exact) mass is 414 g/mol. The number of fused-ring (bicyclic) bond motifs is 1. The molecule has 0 unspecified atom stereocenters. The zero-order valence-electron chi connectivity index (χ0n) is 15.1. The maximum Gasteiger partial charge on any atom is 0.451 e. The lowest BCUT2D eigenvalue weighted by Crippen LogP contribution is -2.49. The van der Waals surface area contributed by atoms with Crippen LogP contribution in [-0.2, 0) is 40.5 Å². The number of rotatable bonds is 4. The number of methoxy groups -OCH3 is 1. The van der Waals surface area contributed by atoms with Gasteiger partial charge in [-0.1, -0.05) is 36.0 Å². The Morgan fingerprint density at radius 2 is 1.93 bits per heavy atom. The molecule has 11 heteroatoms. The maximum atomic E-state index is 12.8. The van der Waals surface area contributed by atoms with Crippen molar-refractivity contribution in [2.24, 2.45) is 7.05 Å². The molecule has 1 aromatic carbocycles. The predicted molar refractivity (Wildman–Crippen MR) is 93.2 cm³/mol. The summed E-state index contributed by atoms with van der Waals surface area (Å²) in [5.74, 6) is -2.25. The first-order chi connectivity index (χ1) is 13.2. The SMILES string of the molecule is COC(=O)[C@@H]1Cc2ccccc2CN1C(=O)CSc1nnc(C(F)(F)F)n1C. The Balaban J connectivity index is 1.75. The largest absolute Gasteiger partial charge is 0.467 e. The van der Waals surface area contributed by atoms with Crippen molar-refractivity contribution in [1.82, 2.24) is 19.7 Å². The fraction of sp³-hybridized carbons (Fsp3) is 0.412. The van der Waals surface area contributed by atoms with Crippen LogP contribution in [0.15, 0.2) is 29.4 Å². The van der Waals surface area contributed by atoms with Crippen LogP contribution in [0.25, 0.3) is 0 Å². The molecule has 1 amide bonds. The second-order valence-corrected chi connectivity index (χ2v) is 7.13. The number of hydrogen-bond donors (Lipinski definition) is 0. The summed E-state index contributed by atoms with van der Waals surface area (Å²) in [5.41, 5.74) is 1.87. The number of aromatic nitrogens is 3. The number of nitrogens with zero attached hydrogens (tertiary/aromatic N) is 4. The Bertz CT molecular complexity index is 900. The summed E-state index contributed by atoms with van der Waals surface area (Å²) in [7, 11) is 2.43. The topological polar surface area (TPSA) is 77.3 Å². The van der Waals surface area contributed by atoms with Gasteiger partial charge >= 0.3 is 12.1 Å². The second kappa shape index (κ2) is 7.82. The van der Waals surface area contributed by atoms with Gasteiger partial charge in [0.25, 0.3) is 0 Å². The molecule has 3 rings (SSSR count). The van der Waals surface area contributed by atoms with E-state index in [1.807, 2.05) is 24.3 Å². The van der Waals surface area contributed by atoms with Crippen LogP contribution in [0.4, 0.5) is 13.2 Å². The highest BCUT2D eigenvalue weighted by Gasteiger charge is 2.38. The molecule has 1 aliphatic heterocycles. The molecule has 2 heterocycles. The number of carbonyl (C=O) groups is 2. The van der Waals surface area contributed by atoms with Crippen LogP contribution < -0.4 is 0 Å². The molecule has 7 nitrogen and oxygen atoms in total. The van der Waals surface area contributed by atoms with Crippen LogP contribution in [-0.4, -0.2) is 50.4 Å². The molecule has 0 saturated heterocycles. The van der Waals surface area contributed by atoms with Crippen LogP contribution in [0.5, 0.6) is 0 Å². The van der Waals surface area contributed by atoms with Gasteiger partial charge < -0.3 is 14.2 Å². The molecule has 0 aliphatic carbocycles. The molecule has 1 atom stereocenters. The van der Waals surface area contributed by atoms with E-state index < -0.39 is 29.9 Å². The zero-order chi connectivity index (χ0) is 20.5. The third-order valence-electron chi connectivity index (χ3n) is 4.46. The van der Waals surface area contributed by atoms with Crippen LogP contribution >= 0.6 is 11.8 Å². The van der Waals surface area contributed by atoms with Gasteiger partial charge in [-0.2, -0.15) is 13.2 Å². The summed E-state index contributed by atoms with van der Waals surface area (Å²) >= 11 is 0.834. The van der Waals surface area contributed by atoms with Crippen molar-refractivity contribution >= 4 is 23.6 Å². The fourth-order valence-corrected chi connectivity index (χ4v) is 3.83. The van der Waals surface area contributed by atoms with E-state index in [0.717, 1.165) is 27.5 Å². The summed E-state index contributed by atoms with van der Waals surface area (Å²) in [5, 5.41) is 6.60. The van der Waals surface area contributed by atoms with Gasteiger partial charge in [0.1, 0.15) is 6.04 Å². The summed E-state index contributed by atoms with van der Waals surface area (Å²) in [6.07, 6.45) is -4.31. The lowest BCUT2D eigenvalue weighted by molar-refractivity contribution is -0.153. The third kappa shape index (κ3) is 3.98. The summed E-state index contributed by atoms with van der Waals surface area (Å²) in [4.78, 5) is 26.3.